The van der Waals surface area contributed by atoms with E-state index in [-0.39, 0.29) is 11.3 Å². The maximum absolute atomic E-state index is 12.9. The number of aliphatic hydroxyl groups excluding tert-OH is 1. The number of ether oxygens (including phenoxy) is 1. The Morgan fingerprint density at radius 2 is 1.74 bits per heavy atom. The number of carbonyl (C=O) groups is 4. The summed E-state index contributed by atoms with van der Waals surface area (Å²) < 4.78 is 44.1. The molecule has 1 heterocycles. The lowest BCUT2D eigenvalue weighted by Crippen LogP contribution is -2.54. The number of nitrogens with one attached hydrogen (secondary N) is 2. The topological polar surface area (TPSA) is 125 Å². The van der Waals surface area contributed by atoms with E-state index in [9.17, 15) is 37.5 Å². The highest BCUT2D eigenvalue weighted by atomic mass is 19.4. The monoisotopic (exact) mass is 501 g/mol. The van der Waals surface area contributed by atoms with E-state index in [1.807, 2.05) is 0 Å². The van der Waals surface area contributed by atoms with E-state index in [1.165, 1.54) is 6.92 Å². The third-order valence-electron chi connectivity index (χ3n) is 5.33. The van der Waals surface area contributed by atoms with Crippen LogP contribution in [-0.4, -0.2) is 76.8 Å². The van der Waals surface area contributed by atoms with Crippen molar-refractivity contribution in [2.75, 3.05) is 13.1 Å². The maximum Gasteiger partial charge on any atom is 0.471 e. The number of amides is 3. The molecule has 1 aromatic carbocycles. The molecule has 0 aliphatic carbocycles. The number of likely N-dealkylation sites (tertiary alicyclic amines) is 1. The Morgan fingerprint density at radius 1 is 1.14 bits per heavy atom. The molecule has 9 nitrogen and oxygen atoms in total. The van der Waals surface area contributed by atoms with E-state index in [0.29, 0.717) is 0 Å². The van der Waals surface area contributed by atoms with Gasteiger partial charge in [-0.3, -0.25) is 14.4 Å². The number of benzene rings is 1. The van der Waals surface area contributed by atoms with Gasteiger partial charge in [-0.1, -0.05) is 37.3 Å². The van der Waals surface area contributed by atoms with Crippen molar-refractivity contribution in [3.05, 3.63) is 35.9 Å². The maximum atomic E-state index is 12.9. The van der Waals surface area contributed by atoms with Gasteiger partial charge >= 0.3 is 18.1 Å². The van der Waals surface area contributed by atoms with Crippen molar-refractivity contribution in [2.45, 2.75) is 64.1 Å². The number of alkyl halides is 3. The van der Waals surface area contributed by atoms with Gasteiger partial charge in [-0.05, 0) is 26.3 Å². The van der Waals surface area contributed by atoms with Crippen LogP contribution in [0.2, 0.25) is 0 Å². The van der Waals surface area contributed by atoms with Gasteiger partial charge in [0.15, 0.2) is 0 Å². The highest BCUT2D eigenvalue weighted by Gasteiger charge is 2.52. The molecule has 1 aliphatic heterocycles. The zero-order valence-corrected chi connectivity index (χ0v) is 19.9. The molecule has 0 bridgehead atoms. The first kappa shape index (κ1) is 28.1. The van der Waals surface area contributed by atoms with Crippen molar-refractivity contribution < 1.29 is 42.2 Å². The Morgan fingerprint density at radius 3 is 2.29 bits per heavy atom. The van der Waals surface area contributed by atoms with Crippen LogP contribution in [0.15, 0.2) is 30.3 Å². The minimum atomic E-state index is -5.22. The lowest BCUT2D eigenvalue weighted by Gasteiger charge is -2.27. The Bertz CT molecular complexity index is 933. The van der Waals surface area contributed by atoms with Gasteiger partial charge in [-0.15, -0.1) is 0 Å². The fraction of sp³-hybridized carbons (Fsp3) is 0.565. The standard InChI is InChI=1S/C23H30F3N3O6/c1-13-16(30)12-29(21(34)23(24,25)26)18(13)19(32)27-11-17(31)28-15(20(33)35-22(2,3)4)10-14-8-6-5-7-9-14/h5-9,13,15-16,18,30H,10-12H2,1-4H3,(H,27,32)(H,28,31)/t13-,15-,16-,18+/m0/s1. The van der Waals surface area contributed by atoms with Gasteiger partial charge < -0.3 is 25.4 Å². The lowest BCUT2D eigenvalue weighted by atomic mass is 10.00. The molecular formula is C23H30F3N3O6. The normalized spacial score (nSPS) is 21.3. The summed E-state index contributed by atoms with van der Waals surface area (Å²) in [4.78, 5) is 49.7. The van der Waals surface area contributed by atoms with E-state index in [2.05, 4.69) is 10.6 Å². The Balaban J connectivity index is 2.06. The average molecular weight is 502 g/mol. The molecule has 2 rings (SSSR count). The van der Waals surface area contributed by atoms with E-state index < -0.39 is 72.7 Å². The molecule has 1 aromatic rings. The van der Waals surface area contributed by atoms with Gasteiger partial charge in [0.1, 0.15) is 17.7 Å². The number of carbonyl (C=O) groups excluding carboxylic acids is 4. The van der Waals surface area contributed by atoms with E-state index in [4.69, 9.17) is 4.74 Å². The number of hydrogen-bond donors (Lipinski definition) is 3. The molecule has 1 fully saturated rings. The first-order valence-corrected chi connectivity index (χ1v) is 11.0. The van der Waals surface area contributed by atoms with Crippen molar-refractivity contribution in [3.63, 3.8) is 0 Å². The van der Waals surface area contributed by atoms with E-state index in [1.54, 1.807) is 51.1 Å². The number of hydrogen-bond acceptors (Lipinski definition) is 6. The summed E-state index contributed by atoms with van der Waals surface area (Å²) in [6.45, 7) is 4.99. The molecule has 3 amide bonds. The van der Waals surface area contributed by atoms with Crippen molar-refractivity contribution in [1.29, 1.82) is 0 Å². The Hall–Kier alpha value is -3.15. The quantitative estimate of drug-likeness (QED) is 0.478. The van der Waals surface area contributed by atoms with Gasteiger partial charge in [-0.2, -0.15) is 13.2 Å². The lowest BCUT2D eigenvalue weighted by molar-refractivity contribution is -0.187. The molecule has 0 unspecified atom stereocenters. The van der Waals surface area contributed by atoms with Gasteiger partial charge in [0.25, 0.3) is 0 Å². The third kappa shape index (κ3) is 7.94. The molecule has 1 aliphatic rings. The number of esters is 1. The van der Waals surface area contributed by atoms with Gasteiger partial charge in [0.05, 0.1) is 12.6 Å². The first-order chi connectivity index (χ1) is 16.1. The molecule has 3 N–H and O–H groups in total. The fourth-order valence-corrected chi connectivity index (χ4v) is 3.66. The number of aliphatic hydroxyl groups is 1. The molecule has 4 atom stereocenters. The molecule has 0 radical (unpaired) electrons. The predicted molar refractivity (Wildman–Crippen MR) is 118 cm³/mol. The highest BCUT2D eigenvalue weighted by molar-refractivity contribution is 5.93. The minimum absolute atomic E-state index is 0.106. The molecular weight excluding hydrogens is 471 g/mol. The average Bonchev–Trinajstić information content (AvgIpc) is 3.04. The molecule has 35 heavy (non-hydrogen) atoms. The number of nitrogens with zero attached hydrogens (tertiary/aromatic N) is 1. The summed E-state index contributed by atoms with van der Waals surface area (Å²) >= 11 is 0. The van der Waals surface area contributed by atoms with Crippen LogP contribution in [0.1, 0.15) is 33.3 Å². The number of rotatable bonds is 7. The largest absolute Gasteiger partial charge is 0.471 e. The van der Waals surface area contributed by atoms with Crippen LogP contribution in [0, 0.1) is 5.92 Å². The third-order valence-corrected chi connectivity index (χ3v) is 5.33. The zero-order valence-electron chi connectivity index (χ0n) is 19.9. The van der Waals surface area contributed by atoms with Crippen LogP contribution in [0.3, 0.4) is 0 Å². The Labute approximate surface area is 201 Å². The molecule has 1 saturated heterocycles. The van der Waals surface area contributed by atoms with Crippen molar-refractivity contribution in [1.82, 2.24) is 15.5 Å². The molecule has 12 heteroatoms. The number of β-amino-alcohol motifs (C(OH)–C–C–N with tert-alkyl or cyclic N) is 1. The van der Waals surface area contributed by atoms with Crippen molar-refractivity contribution in [2.24, 2.45) is 5.92 Å². The second-order valence-electron chi connectivity index (χ2n) is 9.39. The Kier molecular flexibility index (Phi) is 8.88. The summed E-state index contributed by atoms with van der Waals surface area (Å²) in [6.07, 6.45) is -6.46. The summed E-state index contributed by atoms with van der Waals surface area (Å²) in [5, 5.41) is 14.6. The molecule has 0 aromatic heterocycles. The minimum Gasteiger partial charge on any atom is -0.458 e. The molecule has 194 valence electrons. The smallest absolute Gasteiger partial charge is 0.458 e. The van der Waals surface area contributed by atoms with Gasteiger partial charge in [0.2, 0.25) is 11.8 Å². The van der Waals surface area contributed by atoms with Crippen molar-refractivity contribution >= 4 is 23.7 Å². The van der Waals surface area contributed by atoms with Crippen LogP contribution >= 0.6 is 0 Å². The second-order valence-corrected chi connectivity index (χ2v) is 9.39. The van der Waals surface area contributed by atoms with Crippen LogP contribution in [0.4, 0.5) is 13.2 Å². The van der Waals surface area contributed by atoms with Crippen LogP contribution in [-0.2, 0) is 30.3 Å². The number of halogens is 3. The summed E-state index contributed by atoms with van der Waals surface area (Å²) in [5.41, 5.74) is -0.0819. The van der Waals surface area contributed by atoms with Crippen LogP contribution < -0.4 is 10.6 Å². The fourth-order valence-electron chi connectivity index (χ4n) is 3.66. The molecule has 0 saturated carbocycles. The SMILES string of the molecule is C[C@H]1[C@@H](O)CN(C(=O)C(F)(F)F)[C@H]1C(=O)NCC(=O)N[C@@H](Cc1ccccc1)C(=O)OC(C)(C)C. The summed E-state index contributed by atoms with van der Waals surface area (Å²) in [6, 6.07) is 6.11. The van der Waals surface area contributed by atoms with E-state index >= 15 is 0 Å². The summed E-state index contributed by atoms with van der Waals surface area (Å²) in [5.74, 6) is -5.76. The van der Waals surface area contributed by atoms with E-state index in [0.717, 1.165) is 5.56 Å². The summed E-state index contributed by atoms with van der Waals surface area (Å²) in [7, 11) is 0. The van der Waals surface area contributed by atoms with Crippen LogP contribution in [0.25, 0.3) is 0 Å². The van der Waals surface area contributed by atoms with Gasteiger partial charge in [0, 0.05) is 18.9 Å². The molecule has 0 spiro atoms. The predicted octanol–water partition coefficient (Wildman–Crippen LogP) is 0.942. The second kappa shape index (κ2) is 11.1. The zero-order chi connectivity index (χ0) is 26.6. The highest BCUT2D eigenvalue weighted by Crippen LogP contribution is 2.29. The van der Waals surface area contributed by atoms with Crippen molar-refractivity contribution in [3.8, 4) is 0 Å². The van der Waals surface area contributed by atoms with Crippen LogP contribution in [0.5, 0.6) is 0 Å². The first-order valence-electron chi connectivity index (χ1n) is 11.0. The van der Waals surface area contributed by atoms with Gasteiger partial charge in [-0.25, -0.2) is 4.79 Å².